The number of likely N-dealkylation sites (N-methyl/N-ethyl adjacent to an activating group) is 1. The molecule has 0 atom stereocenters. The highest BCUT2D eigenvalue weighted by Gasteiger charge is 2.16. The highest BCUT2D eigenvalue weighted by molar-refractivity contribution is 7.15. The molecule has 6 aromatic rings. The van der Waals surface area contributed by atoms with Crippen molar-refractivity contribution in [3.63, 3.8) is 0 Å². The van der Waals surface area contributed by atoms with Crippen LogP contribution < -0.4 is 4.74 Å². The lowest BCUT2D eigenvalue weighted by Gasteiger charge is -2.11. The summed E-state index contributed by atoms with van der Waals surface area (Å²) >= 11 is 1.78. The first-order valence-electron chi connectivity index (χ1n) is 11.7. The van der Waals surface area contributed by atoms with Crippen LogP contribution in [0.1, 0.15) is 4.88 Å². The van der Waals surface area contributed by atoms with Crippen molar-refractivity contribution in [2.45, 2.75) is 6.92 Å². The number of pyridine rings is 3. The van der Waals surface area contributed by atoms with E-state index in [9.17, 15) is 0 Å². The third-order valence-corrected chi connectivity index (χ3v) is 7.05. The van der Waals surface area contributed by atoms with Gasteiger partial charge < -0.3 is 14.6 Å². The normalized spacial score (nSPS) is 11.7. The second-order valence-corrected chi connectivity index (χ2v) is 10.2. The Morgan fingerprint density at radius 1 is 1.06 bits per heavy atom. The Kier molecular flexibility index (Phi) is 5.71. The van der Waals surface area contributed by atoms with Crippen LogP contribution in [0.4, 0.5) is 0 Å². The molecule has 0 saturated heterocycles. The molecule has 6 rings (SSSR count). The molecule has 0 bridgehead atoms. The van der Waals surface area contributed by atoms with Crippen molar-refractivity contribution in [3.05, 3.63) is 65.9 Å². The number of rotatable bonds is 7. The minimum Gasteiger partial charge on any atom is -0.491 e. The third-order valence-electron chi connectivity index (χ3n) is 6.02. The molecule has 0 fully saturated rings. The van der Waals surface area contributed by atoms with Crippen LogP contribution in [0.5, 0.6) is 5.75 Å². The van der Waals surface area contributed by atoms with Gasteiger partial charge in [0.05, 0.1) is 23.1 Å². The Morgan fingerprint density at radius 2 is 1.97 bits per heavy atom. The number of aromatic amines is 2. The number of nitrogens with zero attached hydrogens (tertiary/aromatic N) is 5. The Morgan fingerprint density at radius 3 is 2.81 bits per heavy atom. The summed E-state index contributed by atoms with van der Waals surface area (Å²) < 4.78 is 5.87. The van der Waals surface area contributed by atoms with Crippen LogP contribution in [-0.2, 0) is 0 Å². The van der Waals surface area contributed by atoms with Gasteiger partial charge in [-0.25, -0.2) is 9.97 Å². The van der Waals surface area contributed by atoms with Gasteiger partial charge in [0.15, 0.2) is 0 Å². The van der Waals surface area contributed by atoms with Gasteiger partial charge in [0.25, 0.3) is 0 Å². The lowest BCUT2D eigenvalue weighted by molar-refractivity contribution is 0.261. The van der Waals surface area contributed by atoms with Crippen LogP contribution in [0.25, 0.3) is 55.2 Å². The molecule has 0 aliphatic carbocycles. The highest BCUT2D eigenvalue weighted by Crippen LogP contribution is 2.36. The molecule has 0 spiro atoms. The molecule has 0 saturated carbocycles. The van der Waals surface area contributed by atoms with Gasteiger partial charge in [0.1, 0.15) is 29.2 Å². The van der Waals surface area contributed by atoms with E-state index in [0.717, 1.165) is 62.6 Å². The monoisotopic (exact) mass is 495 g/mol. The number of thiophene rings is 1. The molecule has 0 aliphatic heterocycles. The van der Waals surface area contributed by atoms with E-state index in [-0.39, 0.29) is 0 Å². The van der Waals surface area contributed by atoms with Gasteiger partial charge in [0, 0.05) is 45.2 Å². The van der Waals surface area contributed by atoms with E-state index in [1.54, 1.807) is 23.7 Å². The number of aromatic nitrogens is 6. The second-order valence-electron chi connectivity index (χ2n) is 8.94. The fourth-order valence-corrected chi connectivity index (χ4v) is 5.09. The smallest absolute Gasteiger partial charge is 0.138 e. The van der Waals surface area contributed by atoms with Gasteiger partial charge >= 0.3 is 0 Å². The largest absolute Gasteiger partial charge is 0.491 e. The number of nitrogens with one attached hydrogen (secondary N) is 2. The van der Waals surface area contributed by atoms with E-state index >= 15 is 0 Å². The van der Waals surface area contributed by atoms with Crippen molar-refractivity contribution < 1.29 is 4.74 Å². The van der Waals surface area contributed by atoms with Gasteiger partial charge in [-0.1, -0.05) is 0 Å². The maximum absolute atomic E-state index is 5.87. The topological polar surface area (TPSA) is 95.6 Å². The SMILES string of the molecule is Cc1ccc(-c2ccnc3[nH]c(-c4n[nH]c5ccc(-c6cncc(OCCN(C)C)c6)nc45)cc23)s1. The maximum atomic E-state index is 5.87. The van der Waals surface area contributed by atoms with Gasteiger partial charge in [-0.3, -0.25) is 10.1 Å². The van der Waals surface area contributed by atoms with Crippen molar-refractivity contribution in [1.82, 2.24) is 35.0 Å². The average molecular weight is 496 g/mol. The minimum atomic E-state index is 0.595. The van der Waals surface area contributed by atoms with Gasteiger partial charge in [-0.05, 0) is 63.5 Å². The quantitative estimate of drug-likeness (QED) is 0.302. The maximum Gasteiger partial charge on any atom is 0.138 e. The Hall–Kier alpha value is -4.08. The number of hydrogen-bond acceptors (Lipinski definition) is 7. The zero-order chi connectivity index (χ0) is 24.6. The molecule has 8 nitrogen and oxygen atoms in total. The Labute approximate surface area is 212 Å². The standard InChI is InChI=1S/C27H25N7OS/c1-16-4-7-24(36-16)19-8-9-29-27-20(19)13-23(31-27)26-25-22(32-33-26)6-5-21(30-25)17-12-18(15-28-14-17)35-11-10-34(2)3/h4-9,12-15H,10-11H2,1-3H3,(H,29,31)(H,32,33). The first-order valence-corrected chi connectivity index (χ1v) is 12.5. The van der Waals surface area contributed by atoms with Crippen LogP contribution in [0, 0.1) is 6.92 Å². The van der Waals surface area contributed by atoms with Gasteiger partial charge in [0.2, 0.25) is 0 Å². The van der Waals surface area contributed by atoms with Crippen molar-refractivity contribution >= 4 is 33.4 Å². The molecular formula is C27H25N7OS. The lowest BCUT2D eigenvalue weighted by Crippen LogP contribution is -2.19. The van der Waals surface area contributed by atoms with Crippen molar-refractivity contribution in [2.24, 2.45) is 0 Å². The van der Waals surface area contributed by atoms with Crippen molar-refractivity contribution in [2.75, 3.05) is 27.2 Å². The van der Waals surface area contributed by atoms with Crippen LogP contribution in [-0.4, -0.2) is 62.3 Å². The number of fused-ring (bicyclic) bond motifs is 2. The molecule has 0 aromatic carbocycles. The molecule has 180 valence electrons. The zero-order valence-electron chi connectivity index (χ0n) is 20.2. The summed E-state index contributed by atoms with van der Waals surface area (Å²) in [6.45, 7) is 3.55. The first kappa shape index (κ1) is 22.4. The zero-order valence-corrected chi connectivity index (χ0v) is 21.1. The fourth-order valence-electron chi connectivity index (χ4n) is 4.18. The average Bonchev–Trinajstić information content (AvgIpc) is 3.61. The minimum absolute atomic E-state index is 0.595. The van der Waals surface area contributed by atoms with E-state index in [1.807, 2.05) is 38.5 Å². The molecule has 6 heterocycles. The molecule has 0 radical (unpaired) electrons. The second kappa shape index (κ2) is 9.18. The number of aryl methyl sites for hydroxylation is 1. The van der Waals surface area contributed by atoms with Gasteiger partial charge in [-0.2, -0.15) is 5.10 Å². The Bertz CT molecular complexity index is 1680. The summed E-state index contributed by atoms with van der Waals surface area (Å²) in [7, 11) is 4.04. The molecule has 0 unspecified atom stereocenters. The van der Waals surface area contributed by atoms with E-state index in [1.165, 1.54) is 9.75 Å². The summed E-state index contributed by atoms with van der Waals surface area (Å²) in [4.78, 5) is 21.9. The summed E-state index contributed by atoms with van der Waals surface area (Å²) in [5.41, 5.74) is 6.95. The number of ether oxygens (including phenoxy) is 1. The predicted molar refractivity (Wildman–Crippen MR) is 144 cm³/mol. The molecule has 36 heavy (non-hydrogen) atoms. The van der Waals surface area contributed by atoms with Crippen molar-refractivity contribution in [1.29, 1.82) is 0 Å². The highest BCUT2D eigenvalue weighted by atomic mass is 32.1. The summed E-state index contributed by atoms with van der Waals surface area (Å²) in [5, 5.41) is 8.76. The molecule has 0 aliphatic rings. The number of hydrogen-bond donors (Lipinski definition) is 2. The number of H-pyrrole nitrogens is 2. The Balaban J connectivity index is 1.37. The fraction of sp³-hybridized carbons (Fsp3) is 0.185. The van der Waals surface area contributed by atoms with Crippen molar-refractivity contribution in [3.8, 4) is 38.8 Å². The third kappa shape index (κ3) is 4.23. The van der Waals surface area contributed by atoms with Crippen LogP contribution in [0.2, 0.25) is 0 Å². The van der Waals surface area contributed by atoms with E-state index in [2.05, 4.69) is 61.2 Å². The lowest BCUT2D eigenvalue weighted by atomic mass is 10.1. The predicted octanol–water partition coefficient (Wildman–Crippen LogP) is 5.54. The molecule has 0 amide bonds. The summed E-state index contributed by atoms with van der Waals surface area (Å²) in [6.07, 6.45) is 5.37. The molecule has 6 aromatic heterocycles. The molecule has 2 N–H and O–H groups in total. The van der Waals surface area contributed by atoms with Crippen LogP contribution >= 0.6 is 11.3 Å². The summed E-state index contributed by atoms with van der Waals surface area (Å²) in [6, 6.07) is 14.4. The first-order chi connectivity index (χ1) is 17.5. The van der Waals surface area contributed by atoms with E-state index in [4.69, 9.17) is 9.72 Å². The van der Waals surface area contributed by atoms with Gasteiger partial charge in [-0.15, -0.1) is 11.3 Å². The summed E-state index contributed by atoms with van der Waals surface area (Å²) in [5.74, 6) is 0.724. The molecular weight excluding hydrogens is 470 g/mol. The van der Waals surface area contributed by atoms with Crippen LogP contribution in [0.3, 0.4) is 0 Å². The molecule has 9 heteroatoms. The van der Waals surface area contributed by atoms with E-state index in [0.29, 0.717) is 6.61 Å². The van der Waals surface area contributed by atoms with E-state index < -0.39 is 0 Å². The van der Waals surface area contributed by atoms with Crippen LogP contribution in [0.15, 0.2) is 61.1 Å².